The lowest BCUT2D eigenvalue weighted by Crippen LogP contribution is -2.46. The topological polar surface area (TPSA) is 218 Å². The predicted octanol–water partition coefficient (Wildman–Crippen LogP) is 1.79. The summed E-state index contributed by atoms with van der Waals surface area (Å²) in [7, 11) is 1.26. The Balaban J connectivity index is 1.37. The number of nitrogens with one attached hydrogen (secondary N) is 5. The number of aromatic nitrogens is 3. The maximum absolute atomic E-state index is 14.8. The lowest BCUT2D eigenvalue weighted by molar-refractivity contribution is -0.122. The van der Waals surface area contributed by atoms with Crippen molar-refractivity contribution in [2.75, 3.05) is 32.1 Å². The summed E-state index contributed by atoms with van der Waals surface area (Å²) in [4.78, 5) is 33.9. The number of methoxy groups -OCH3 is 1. The Morgan fingerprint density at radius 2 is 1.87 bits per heavy atom. The van der Waals surface area contributed by atoms with E-state index in [0.29, 0.717) is 59.8 Å². The zero-order valence-corrected chi connectivity index (χ0v) is 25.9. The summed E-state index contributed by atoms with van der Waals surface area (Å²) in [5.41, 5.74) is 13.5. The molecule has 16 heteroatoms. The van der Waals surface area contributed by atoms with Crippen molar-refractivity contribution in [1.82, 2.24) is 30.3 Å². The van der Waals surface area contributed by atoms with Crippen molar-refractivity contribution < 1.29 is 28.2 Å². The fourth-order valence-corrected chi connectivity index (χ4v) is 4.82. The van der Waals surface area contributed by atoms with Crippen LogP contribution in [0.2, 0.25) is 0 Å². The number of aliphatic hydroxyl groups excluding tert-OH is 1. The van der Waals surface area contributed by atoms with Gasteiger partial charge in [0.05, 0.1) is 31.1 Å². The number of aryl methyl sites for hydroxylation is 1. The maximum Gasteiger partial charge on any atom is 0.251 e. The summed E-state index contributed by atoms with van der Waals surface area (Å²) >= 11 is 0. The van der Waals surface area contributed by atoms with Crippen LogP contribution in [0.5, 0.6) is 5.75 Å². The first-order valence-electron chi connectivity index (χ1n) is 14.9. The summed E-state index contributed by atoms with van der Waals surface area (Å²) in [6.07, 6.45) is 4.87. The van der Waals surface area contributed by atoms with Gasteiger partial charge in [0.15, 0.2) is 29.0 Å². The van der Waals surface area contributed by atoms with Gasteiger partial charge < -0.3 is 42.6 Å². The standard InChI is InChI=1S/C31H38F2N10O4/c1-3-17-13-18(6-7-20(17)29(45)40-14-19(44)15-41-30(46)22(34)5-4-10-38-31(35)36)42-27-28-39-16-23(43(28)12-11-37-27)21-8-9-24(47-2)26(33)25(21)32/h6-9,11-13,16,19,22,44H,3-5,10,14-15,34H2,1-2H3,(H,37,42)(H,40,45)(H,41,46)(H4,35,36,38)/t19?,22-/m0/s1. The summed E-state index contributed by atoms with van der Waals surface area (Å²) in [6.45, 7) is 2.10. The van der Waals surface area contributed by atoms with Crippen molar-refractivity contribution in [2.24, 2.45) is 11.5 Å². The molecule has 47 heavy (non-hydrogen) atoms. The van der Waals surface area contributed by atoms with E-state index in [1.54, 1.807) is 28.8 Å². The Bertz CT molecular complexity index is 1750. The van der Waals surface area contributed by atoms with Crippen LogP contribution in [0.3, 0.4) is 0 Å². The number of ether oxygens (including phenoxy) is 1. The summed E-state index contributed by atoms with van der Waals surface area (Å²) in [5.74, 6) is -3.02. The van der Waals surface area contributed by atoms with E-state index in [9.17, 15) is 23.5 Å². The van der Waals surface area contributed by atoms with Crippen LogP contribution in [0.1, 0.15) is 35.7 Å². The van der Waals surface area contributed by atoms with E-state index in [1.807, 2.05) is 6.92 Å². The minimum absolute atomic E-state index is 0.00268. The molecule has 0 aliphatic rings. The van der Waals surface area contributed by atoms with Crippen LogP contribution >= 0.6 is 0 Å². The smallest absolute Gasteiger partial charge is 0.251 e. The van der Waals surface area contributed by atoms with Crippen LogP contribution in [-0.4, -0.2) is 76.1 Å². The fraction of sp³-hybridized carbons (Fsp3) is 0.323. The third-order valence-electron chi connectivity index (χ3n) is 7.32. The van der Waals surface area contributed by atoms with E-state index in [1.165, 1.54) is 31.6 Å². The summed E-state index contributed by atoms with van der Waals surface area (Å²) in [5, 5.41) is 28.5. The molecule has 10 N–H and O–H groups in total. The maximum atomic E-state index is 14.8. The monoisotopic (exact) mass is 652 g/mol. The Morgan fingerprint density at radius 3 is 2.60 bits per heavy atom. The van der Waals surface area contributed by atoms with Crippen LogP contribution in [0.15, 0.2) is 48.9 Å². The fourth-order valence-electron chi connectivity index (χ4n) is 4.82. The van der Waals surface area contributed by atoms with Crippen LogP contribution in [0.4, 0.5) is 20.3 Å². The van der Waals surface area contributed by atoms with Gasteiger partial charge in [0.2, 0.25) is 11.7 Å². The average molecular weight is 653 g/mol. The molecule has 0 saturated carbocycles. The average Bonchev–Trinajstić information content (AvgIpc) is 3.50. The number of halogens is 2. The molecule has 2 atom stereocenters. The number of amides is 2. The van der Waals surface area contributed by atoms with Gasteiger partial charge in [-0.15, -0.1) is 0 Å². The summed E-state index contributed by atoms with van der Waals surface area (Å²) < 4.78 is 35.7. The highest BCUT2D eigenvalue weighted by molar-refractivity contribution is 5.96. The highest BCUT2D eigenvalue weighted by Crippen LogP contribution is 2.31. The number of hydrogen-bond acceptors (Lipinski definition) is 9. The molecule has 2 aromatic heterocycles. The number of benzene rings is 2. The van der Waals surface area contributed by atoms with Crippen molar-refractivity contribution in [3.05, 3.63) is 71.7 Å². The van der Waals surface area contributed by atoms with Crippen molar-refractivity contribution in [1.29, 1.82) is 5.41 Å². The second-order valence-electron chi connectivity index (χ2n) is 10.6. The summed E-state index contributed by atoms with van der Waals surface area (Å²) in [6, 6.07) is 7.07. The molecule has 2 heterocycles. The highest BCUT2D eigenvalue weighted by atomic mass is 19.2. The Kier molecular flexibility index (Phi) is 11.6. The number of imidazole rings is 1. The molecule has 0 aliphatic heterocycles. The van der Waals surface area contributed by atoms with Crippen molar-refractivity contribution >= 4 is 34.9 Å². The third kappa shape index (κ3) is 8.47. The highest BCUT2D eigenvalue weighted by Gasteiger charge is 2.20. The molecule has 4 aromatic rings. The molecule has 0 bridgehead atoms. The number of anilines is 2. The number of nitrogens with two attached hydrogens (primary N) is 2. The Labute approximate surface area is 269 Å². The van der Waals surface area contributed by atoms with Crippen LogP contribution in [-0.2, 0) is 11.2 Å². The van der Waals surface area contributed by atoms with Gasteiger partial charge in [0.1, 0.15) is 0 Å². The van der Waals surface area contributed by atoms with E-state index in [-0.39, 0.29) is 30.4 Å². The molecule has 4 rings (SSSR count). The Hall–Kier alpha value is -5.35. The van der Waals surface area contributed by atoms with Crippen LogP contribution in [0, 0.1) is 17.0 Å². The molecular formula is C31H38F2N10O4. The number of rotatable bonds is 15. The van der Waals surface area contributed by atoms with Gasteiger partial charge in [0, 0.05) is 48.8 Å². The Morgan fingerprint density at radius 1 is 1.11 bits per heavy atom. The number of fused-ring (bicyclic) bond motifs is 1. The minimum atomic E-state index is -1.10. The number of carbonyl (C=O) groups is 2. The molecule has 250 valence electrons. The second kappa shape index (κ2) is 15.8. The first-order chi connectivity index (χ1) is 22.5. The first kappa shape index (κ1) is 34.5. The molecule has 0 radical (unpaired) electrons. The molecule has 0 fully saturated rings. The van der Waals surface area contributed by atoms with Gasteiger partial charge in [-0.05, 0) is 55.2 Å². The van der Waals surface area contributed by atoms with Gasteiger partial charge in [-0.3, -0.25) is 19.4 Å². The van der Waals surface area contributed by atoms with Gasteiger partial charge in [-0.2, -0.15) is 4.39 Å². The molecular weight excluding hydrogens is 614 g/mol. The van der Waals surface area contributed by atoms with Gasteiger partial charge in [-0.25, -0.2) is 14.4 Å². The van der Waals surface area contributed by atoms with E-state index < -0.39 is 35.6 Å². The molecule has 0 aliphatic carbocycles. The lowest BCUT2D eigenvalue weighted by Gasteiger charge is -2.17. The van der Waals surface area contributed by atoms with Crippen molar-refractivity contribution in [3.63, 3.8) is 0 Å². The first-order valence-corrected chi connectivity index (χ1v) is 14.9. The van der Waals surface area contributed by atoms with Gasteiger partial charge >= 0.3 is 0 Å². The van der Waals surface area contributed by atoms with Crippen LogP contribution < -0.4 is 37.5 Å². The molecule has 1 unspecified atom stereocenters. The van der Waals surface area contributed by atoms with Crippen LogP contribution in [0.25, 0.3) is 16.9 Å². The number of hydrogen-bond donors (Lipinski definition) is 8. The number of nitrogens with zero attached hydrogens (tertiary/aromatic N) is 3. The minimum Gasteiger partial charge on any atom is -0.494 e. The van der Waals surface area contributed by atoms with E-state index >= 15 is 0 Å². The zero-order chi connectivity index (χ0) is 34.1. The predicted molar refractivity (Wildman–Crippen MR) is 172 cm³/mol. The van der Waals surface area contributed by atoms with E-state index in [0.717, 1.165) is 0 Å². The normalized spacial score (nSPS) is 12.3. The molecule has 0 saturated heterocycles. The van der Waals surface area contributed by atoms with E-state index in [4.69, 9.17) is 21.6 Å². The number of carbonyl (C=O) groups excluding carboxylic acids is 2. The van der Waals surface area contributed by atoms with Crippen molar-refractivity contribution in [2.45, 2.75) is 38.3 Å². The zero-order valence-electron chi connectivity index (χ0n) is 25.9. The van der Waals surface area contributed by atoms with Crippen molar-refractivity contribution in [3.8, 4) is 17.0 Å². The number of aliphatic hydroxyl groups is 1. The SMILES string of the molecule is CCc1cc(Nc2nccn3c(-c4ccc(OC)c(F)c4F)cnc23)ccc1C(=O)NCC(O)CNC(=O)[C@@H](N)CCCNC(=N)N. The molecule has 0 spiro atoms. The third-order valence-corrected chi connectivity index (χ3v) is 7.32. The van der Waals surface area contributed by atoms with Gasteiger partial charge in [0.25, 0.3) is 5.91 Å². The quantitative estimate of drug-likeness (QED) is 0.0529. The van der Waals surface area contributed by atoms with E-state index in [2.05, 4.69) is 31.2 Å². The lowest BCUT2D eigenvalue weighted by atomic mass is 10.0. The second-order valence-corrected chi connectivity index (χ2v) is 10.6. The largest absolute Gasteiger partial charge is 0.494 e. The van der Waals surface area contributed by atoms with Gasteiger partial charge in [-0.1, -0.05) is 6.92 Å². The number of guanidine groups is 1. The molecule has 2 amide bonds. The molecule has 2 aromatic carbocycles. The molecule has 14 nitrogen and oxygen atoms in total.